The lowest BCUT2D eigenvalue weighted by molar-refractivity contribution is -0.129. The molecule has 1 amide bonds. The first-order chi connectivity index (χ1) is 11.1. The maximum atomic E-state index is 12.0. The first kappa shape index (κ1) is 17.4. The number of amides is 1. The van der Waals surface area contributed by atoms with Gasteiger partial charge in [0, 0.05) is 32.4 Å². The zero-order chi connectivity index (χ0) is 16.7. The highest BCUT2D eigenvalue weighted by atomic mass is 16.5. The molecule has 2 heterocycles. The summed E-state index contributed by atoms with van der Waals surface area (Å²) in [6.07, 6.45) is 0.764. The third-order valence-electron chi connectivity index (χ3n) is 3.71. The number of rotatable bonds is 6. The molecule has 1 aromatic rings. The molecule has 1 atom stereocenters. The van der Waals surface area contributed by atoms with E-state index in [2.05, 4.69) is 15.2 Å². The maximum absolute atomic E-state index is 12.0. The minimum absolute atomic E-state index is 0.298. The molecule has 0 unspecified atom stereocenters. The van der Waals surface area contributed by atoms with Crippen molar-refractivity contribution in [3.05, 3.63) is 29.6 Å². The van der Waals surface area contributed by atoms with Crippen molar-refractivity contribution in [1.82, 2.24) is 15.2 Å². The predicted molar refractivity (Wildman–Crippen MR) is 84.1 cm³/mol. The number of esters is 1. The van der Waals surface area contributed by atoms with E-state index >= 15 is 0 Å². The molecule has 0 aliphatic carbocycles. The molecule has 0 saturated carbocycles. The second kappa shape index (κ2) is 8.59. The van der Waals surface area contributed by atoms with Gasteiger partial charge >= 0.3 is 5.97 Å². The van der Waals surface area contributed by atoms with Crippen LogP contribution < -0.4 is 5.32 Å². The second-order valence-corrected chi connectivity index (χ2v) is 5.43. The predicted octanol–water partition coefficient (Wildman–Crippen LogP) is 0.384. The molecule has 1 saturated heterocycles. The summed E-state index contributed by atoms with van der Waals surface area (Å²) in [5, 5.41) is 2.79. The minimum atomic E-state index is -0.841. The van der Waals surface area contributed by atoms with Crippen LogP contribution in [0.15, 0.2) is 18.3 Å². The summed E-state index contributed by atoms with van der Waals surface area (Å²) in [6, 6.07) is 3.30. The molecular weight excluding hydrogens is 298 g/mol. The molecule has 0 spiro atoms. The van der Waals surface area contributed by atoms with Crippen LogP contribution in [0.2, 0.25) is 0 Å². The highest BCUT2D eigenvalue weighted by Gasteiger charge is 2.20. The molecule has 1 aliphatic heterocycles. The average molecular weight is 321 g/mol. The summed E-state index contributed by atoms with van der Waals surface area (Å²) >= 11 is 0. The van der Waals surface area contributed by atoms with Gasteiger partial charge in [0.2, 0.25) is 0 Å². The summed E-state index contributed by atoms with van der Waals surface area (Å²) in [7, 11) is 0. The highest BCUT2D eigenvalue weighted by molar-refractivity contribution is 5.93. The lowest BCUT2D eigenvalue weighted by atomic mass is 10.2. The monoisotopic (exact) mass is 321 g/mol. The van der Waals surface area contributed by atoms with Gasteiger partial charge in [0.25, 0.3) is 5.91 Å². The Labute approximate surface area is 136 Å². The molecule has 1 fully saturated rings. The fourth-order valence-corrected chi connectivity index (χ4v) is 2.28. The van der Waals surface area contributed by atoms with E-state index in [1.165, 1.54) is 0 Å². The average Bonchev–Trinajstić information content (AvgIpc) is 2.56. The van der Waals surface area contributed by atoms with Crippen LogP contribution in [0.1, 0.15) is 23.0 Å². The lowest BCUT2D eigenvalue weighted by Gasteiger charge is -2.26. The summed E-state index contributed by atoms with van der Waals surface area (Å²) in [5.74, 6) is -0.834. The molecular formula is C16H23N3O4. The quantitative estimate of drug-likeness (QED) is 0.763. The van der Waals surface area contributed by atoms with E-state index in [0.717, 1.165) is 32.8 Å². The van der Waals surface area contributed by atoms with E-state index in [0.29, 0.717) is 17.8 Å². The van der Waals surface area contributed by atoms with Crippen LogP contribution in [0, 0.1) is 6.92 Å². The number of carbonyl (C=O) groups excluding carboxylic acids is 2. The largest absolute Gasteiger partial charge is 0.449 e. The molecule has 1 aliphatic rings. The number of carbonyl (C=O) groups is 2. The van der Waals surface area contributed by atoms with E-state index < -0.39 is 12.1 Å². The number of pyridine rings is 1. The van der Waals surface area contributed by atoms with Crippen LogP contribution in [0.3, 0.4) is 0 Å². The smallest absolute Gasteiger partial charge is 0.340 e. The Hall–Kier alpha value is -1.99. The Balaban J connectivity index is 1.74. The Kier molecular flexibility index (Phi) is 6.49. The van der Waals surface area contributed by atoms with Crippen LogP contribution in [0.25, 0.3) is 0 Å². The first-order valence-corrected chi connectivity index (χ1v) is 7.78. The Morgan fingerprint density at radius 1 is 1.43 bits per heavy atom. The maximum Gasteiger partial charge on any atom is 0.340 e. The van der Waals surface area contributed by atoms with Crippen molar-refractivity contribution in [1.29, 1.82) is 0 Å². The number of ether oxygens (including phenoxy) is 2. The first-order valence-electron chi connectivity index (χ1n) is 7.78. The van der Waals surface area contributed by atoms with E-state index in [-0.39, 0.29) is 5.91 Å². The summed E-state index contributed by atoms with van der Waals surface area (Å²) < 4.78 is 10.5. The van der Waals surface area contributed by atoms with Gasteiger partial charge in [0.15, 0.2) is 6.10 Å². The standard InChI is InChI=1S/C16H23N3O4/c1-12-14(4-3-5-17-12)16(21)23-13(2)15(20)18-6-7-19-8-10-22-11-9-19/h3-5,13H,6-11H2,1-2H3,(H,18,20)/t13-/m0/s1. The minimum Gasteiger partial charge on any atom is -0.449 e. The fraction of sp³-hybridized carbons (Fsp3) is 0.562. The lowest BCUT2D eigenvalue weighted by Crippen LogP contribution is -2.43. The molecule has 7 nitrogen and oxygen atoms in total. The van der Waals surface area contributed by atoms with Gasteiger partial charge in [-0.25, -0.2) is 4.79 Å². The third-order valence-corrected chi connectivity index (χ3v) is 3.71. The fourth-order valence-electron chi connectivity index (χ4n) is 2.28. The number of aromatic nitrogens is 1. The normalized spacial score (nSPS) is 16.6. The number of nitrogens with zero attached hydrogens (tertiary/aromatic N) is 2. The zero-order valence-corrected chi connectivity index (χ0v) is 13.6. The third kappa shape index (κ3) is 5.30. The van der Waals surface area contributed by atoms with Crippen molar-refractivity contribution in [2.75, 3.05) is 39.4 Å². The van der Waals surface area contributed by atoms with Gasteiger partial charge in [-0.1, -0.05) is 0 Å². The highest BCUT2D eigenvalue weighted by Crippen LogP contribution is 2.07. The Bertz CT molecular complexity index is 544. The number of aryl methyl sites for hydroxylation is 1. The van der Waals surface area contributed by atoms with Crippen molar-refractivity contribution in [2.24, 2.45) is 0 Å². The van der Waals surface area contributed by atoms with Gasteiger partial charge in [-0.2, -0.15) is 0 Å². The summed E-state index contributed by atoms with van der Waals surface area (Å²) in [6.45, 7) is 7.78. The molecule has 0 radical (unpaired) electrons. The van der Waals surface area contributed by atoms with Gasteiger partial charge in [-0.3, -0.25) is 14.7 Å². The number of hydrogen-bond acceptors (Lipinski definition) is 6. The molecule has 0 aromatic carbocycles. The van der Waals surface area contributed by atoms with Crippen LogP contribution in [-0.2, 0) is 14.3 Å². The molecule has 7 heteroatoms. The van der Waals surface area contributed by atoms with Crippen molar-refractivity contribution < 1.29 is 19.1 Å². The number of morpholine rings is 1. The van der Waals surface area contributed by atoms with Crippen molar-refractivity contribution in [2.45, 2.75) is 20.0 Å². The Morgan fingerprint density at radius 2 is 2.17 bits per heavy atom. The molecule has 23 heavy (non-hydrogen) atoms. The number of nitrogens with one attached hydrogen (secondary N) is 1. The van der Waals surface area contributed by atoms with Gasteiger partial charge in [-0.05, 0) is 26.0 Å². The molecule has 1 N–H and O–H groups in total. The SMILES string of the molecule is Cc1ncccc1C(=O)O[C@@H](C)C(=O)NCCN1CCOCC1. The molecule has 2 rings (SSSR count). The van der Waals surface area contributed by atoms with E-state index in [1.54, 1.807) is 32.2 Å². The van der Waals surface area contributed by atoms with E-state index in [4.69, 9.17) is 9.47 Å². The topological polar surface area (TPSA) is 80.8 Å². The number of hydrogen-bond donors (Lipinski definition) is 1. The van der Waals surface area contributed by atoms with Crippen LogP contribution in [0.4, 0.5) is 0 Å². The molecule has 126 valence electrons. The van der Waals surface area contributed by atoms with Crippen LogP contribution in [-0.4, -0.2) is 67.3 Å². The van der Waals surface area contributed by atoms with Crippen molar-refractivity contribution >= 4 is 11.9 Å². The van der Waals surface area contributed by atoms with Crippen LogP contribution >= 0.6 is 0 Å². The van der Waals surface area contributed by atoms with Gasteiger partial charge < -0.3 is 14.8 Å². The van der Waals surface area contributed by atoms with E-state index in [9.17, 15) is 9.59 Å². The zero-order valence-electron chi connectivity index (χ0n) is 13.6. The Morgan fingerprint density at radius 3 is 2.87 bits per heavy atom. The molecule has 0 bridgehead atoms. The summed E-state index contributed by atoms with van der Waals surface area (Å²) in [5.41, 5.74) is 0.956. The van der Waals surface area contributed by atoms with E-state index in [1.807, 2.05) is 0 Å². The second-order valence-electron chi connectivity index (χ2n) is 5.43. The van der Waals surface area contributed by atoms with Gasteiger partial charge in [-0.15, -0.1) is 0 Å². The summed E-state index contributed by atoms with van der Waals surface area (Å²) in [4.78, 5) is 30.3. The van der Waals surface area contributed by atoms with Gasteiger partial charge in [0.1, 0.15) is 0 Å². The van der Waals surface area contributed by atoms with Crippen molar-refractivity contribution in [3.63, 3.8) is 0 Å². The van der Waals surface area contributed by atoms with Gasteiger partial charge in [0.05, 0.1) is 24.5 Å². The van der Waals surface area contributed by atoms with Crippen LogP contribution in [0.5, 0.6) is 0 Å². The van der Waals surface area contributed by atoms with Crippen molar-refractivity contribution in [3.8, 4) is 0 Å². The molecule has 1 aromatic heterocycles.